The Morgan fingerprint density at radius 3 is 0.189 bits per heavy atom. The second-order valence-corrected chi connectivity index (χ2v) is 4.50. The van der Waals surface area contributed by atoms with Crippen LogP contribution in [0.2, 0.25) is 0 Å². The first-order valence-electron chi connectivity index (χ1n) is 7.79. The van der Waals surface area contributed by atoms with Crippen molar-refractivity contribution in [2.24, 2.45) is 103 Å². The van der Waals surface area contributed by atoms with E-state index in [-0.39, 0.29) is 66.0 Å². The average Bonchev–Trinajstić information content (AvgIpc) is 2.39. The third kappa shape index (κ3) is 579. The molecule has 0 saturated carbocycles. The van der Waals surface area contributed by atoms with Gasteiger partial charge in [0.1, 0.15) is 0 Å². The topological polar surface area (TPSA) is 699 Å². The normalized spacial score (nSPS) is 5.84. The van der Waals surface area contributed by atoms with E-state index in [1.807, 2.05) is 0 Å². The first kappa shape index (κ1) is 63.2. The quantitative estimate of drug-likeness (QED) is 0.0938. The average molecular weight is 577 g/mol. The van der Waals surface area contributed by atoms with E-state index in [4.69, 9.17) is 0 Å². The summed E-state index contributed by atoms with van der Waals surface area (Å²) in [7, 11) is 0. The molecule has 0 bridgehead atoms. The van der Waals surface area contributed by atoms with E-state index in [0.29, 0.717) is 0 Å². The first-order valence-corrected chi connectivity index (χ1v) is 7.79. The molecule has 0 heterocycles. The highest BCUT2D eigenvalue weighted by atomic mass is 35.5. The van der Waals surface area contributed by atoms with Crippen molar-refractivity contribution in [2.45, 2.75) is 0 Å². The van der Waals surface area contributed by atoms with Crippen LogP contribution in [0.5, 0.6) is 0 Å². The predicted octanol–water partition coefficient (Wildman–Crippen LogP) is -26.4. The molecule has 27 nitrogen and oxygen atoms in total. The van der Waals surface area contributed by atoms with Crippen LogP contribution in [0.15, 0.2) is 0 Å². The van der Waals surface area contributed by atoms with Crippen molar-refractivity contribution in [3.63, 3.8) is 0 Å². The Hall–Kier alpha value is -6.28. The number of nitrogens with two attached hydrogens (primary N) is 27. The van der Waals surface area contributed by atoms with Gasteiger partial charge >= 0.3 is 53.6 Å². The van der Waals surface area contributed by atoms with Crippen LogP contribution in [0, 0.1) is 0 Å². The summed E-state index contributed by atoms with van der Waals surface area (Å²) >= 11 is 0. The maximum atomic E-state index is 4.58. The van der Waals surface area contributed by atoms with Gasteiger partial charge < -0.3 is 0 Å². The Balaban J connectivity index is -0.0000000276. The number of rotatable bonds is 0. The van der Waals surface area contributed by atoms with Crippen molar-refractivity contribution in [1.82, 2.24) is 0 Å². The molecule has 0 spiro atoms. The number of hydrogen-bond donors (Lipinski definition) is 27. The van der Waals surface area contributed by atoms with Crippen LogP contribution < -0.4 is 152 Å². The lowest BCUT2D eigenvalue weighted by molar-refractivity contribution is -0.117. The molecule has 0 aliphatic carbocycles. The Labute approximate surface area is 218 Å². The van der Waals surface area contributed by atoms with Gasteiger partial charge in [-0.1, -0.05) is 0 Å². The van der Waals surface area contributed by atoms with E-state index < -0.39 is 0 Å². The van der Waals surface area contributed by atoms with Gasteiger partial charge in [-0.05, 0) is 0 Å². The van der Waals surface area contributed by atoms with Crippen LogP contribution in [0.1, 0.15) is 0 Å². The number of hydrogen-bond acceptors (Lipinski definition) is 0. The minimum Gasteiger partial charge on any atom is -0.291 e. The molecule has 0 unspecified atom stereocenters. The predicted molar refractivity (Wildman–Crippen MR) is 145 cm³/mol. The van der Waals surface area contributed by atoms with Crippen LogP contribution in [0.3, 0.4) is 0 Å². The smallest absolute Gasteiger partial charge is 0.291 e. The first-order chi connectivity index (χ1) is 15.6. The second kappa shape index (κ2) is 57.1. The minimum absolute atomic E-state index is 0. The lowest BCUT2D eigenvalue weighted by Gasteiger charge is -1.59. The molecule has 224 valence electrons. The highest BCUT2D eigenvalue weighted by Crippen LogP contribution is 0.951. The van der Waals surface area contributed by atoms with Crippen molar-refractivity contribution in [1.29, 1.82) is 0 Å². The molecule has 0 aliphatic heterocycles. The zero-order valence-corrected chi connectivity index (χ0v) is 21.3. The molecule has 0 saturated heterocycles. The summed E-state index contributed by atoms with van der Waals surface area (Å²) in [6.07, 6.45) is 0. The Morgan fingerprint density at radius 2 is 0.189 bits per heavy atom. The fourth-order valence-corrected chi connectivity index (χ4v) is 0. The third-order valence-electron chi connectivity index (χ3n) is 0. The zero-order valence-electron chi connectivity index (χ0n) is 20.5. The highest BCUT2D eigenvalue weighted by Gasteiger charge is 1.66. The van der Waals surface area contributed by atoms with Crippen molar-refractivity contribution in [3.05, 3.63) is 0 Å². The van der Waals surface area contributed by atoms with E-state index in [1.165, 1.54) is 0 Å². The molecule has 37 heavy (non-hydrogen) atoms. The fraction of sp³-hybridized carbons (Fsp3) is 0. The van der Waals surface area contributed by atoms with Crippen LogP contribution in [-0.4, -0.2) is 53.6 Å². The van der Waals surface area contributed by atoms with E-state index in [9.17, 15) is 0 Å². The van der Waals surface area contributed by atoms with Crippen molar-refractivity contribution >= 4 is 66.0 Å². The molecule has 0 radical (unpaired) electrons. The molecule has 0 amide bonds. The number of halogens is 1. The molecule has 54 N–H and O–H groups in total. The molecule has 0 atom stereocenters. The molecule has 0 aromatic carbocycles. The standard InChI is InChI=1S/9CH5N3.ClH/c9*2-1(3)4;/h9*(H5,2,3,4);1H/p+9. The van der Waals surface area contributed by atoms with Crippen molar-refractivity contribution < 1.29 is 48.7 Å². The lowest BCUT2D eigenvalue weighted by atomic mass is 11.1. The molecule has 0 aromatic heterocycles. The molecular formula is C9H55ClN27+9. The number of guanidine groups is 9. The largest absolute Gasteiger partial charge is 0.336 e. The summed E-state index contributed by atoms with van der Waals surface area (Å²) in [5.74, 6) is -0.750. The van der Waals surface area contributed by atoms with Gasteiger partial charge in [0.05, 0.1) is 0 Å². The molecule has 0 aliphatic rings. The highest BCUT2D eigenvalue weighted by molar-refractivity contribution is 5.85. The van der Waals surface area contributed by atoms with Gasteiger partial charge in [-0.2, -0.15) is 0 Å². The zero-order chi connectivity index (χ0) is 32.2. The summed E-state index contributed by atoms with van der Waals surface area (Å²) in [5, 5.41) is 41.2. The van der Waals surface area contributed by atoms with Gasteiger partial charge in [0.15, 0.2) is 0 Å². The molecule has 0 rings (SSSR count). The van der Waals surface area contributed by atoms with E-state index in [0.717, 1.165) is 0 Å². The van der Waals surface area contributed by atoms with Crippen LogP contribution >= 0.6 is 12.4 Å². The fourth-order valence-electron chi connectivity index (χ4n) is 0. The van der Waals surface area contributed by atoms with Crippen molar-refractivity contribution in [3.8, 4) is 0 Å². The van der Waals surface area contributed by atoms with E-state index >= 15 is 0 Å². The van der Waals surface area contributed by atoms with Gasteiger partial charge in [-0.15, -0.1) is 12.4 Å². The summed E-state index contributed by atoms with van der Waals surface area (Å²) in [4.78, 5) is 0. The molecule has 28 heteroatoms. The van der Waals surface area contributed by atoms with E-state index in [2.05, 4.69) is 152 Å². The van der Waals surface area contributed by atoms with Crippen LogP contribution in [-0.2, 0) is 0 Å². The van der Waals surface area contributed by atoms with Crippen molar-refractivity contribution in [2.75, 3.05) is 0 Å². The molecule has 0 aromatic rings. The second-order valence-electron chi connectivity index (χ2n) is 4.50. The summed E-state index contributed by atoms with van der Waals surface area (Å²) in [6.45, 7) is 0. The van der Waals surface area contributed by atoms with Gasteiger partial charge in [-0.25, -0.2) is 0 Å². The summed E-state index contributed by atoms with van der Waals surface area (Å²) in [6, 6.07) is 0. The Kier molecular flexibility index (Phi) is 97.5. The van der Waals surface area contributed by atoms with Gasteiger partial charge in [0.2, 0.25) is 0 Å². The van der Waals surface area contributed by atoms with Gasteiger partial charge in [0, 0.05) is 0 Å². The molecule has 0 fully saturated rings. The SMILES string of the molecule is Cl.NC(N)=[NH2+].NC(N)=[NH2+].NC(N)=[NH2+].NC(N)=[NH2+].NC(N)=[NH2+].NC(N)=[NH2+].NC(N)=[NH2+].NC(N)=[NH2+].NC(N)=[NH2+]. The minimum atomic E-state index is -0.0833. The Morgan fingerprint density at radius 1 is 0.189 bits per heavy atom. The Bertz CT molecular complexity index is 414. The molecular weight excluding hydrogens is 522 g/mol. The maximum Gasteiger partial charge on any atom is 0.336 e. The third-order valence-corrected chi connectivity index (χ3v) is 0. The summed E-state index contributed by atoms with van der Waals surface area (Å²) < 4.78 is 0. The van der Waals surface area contributed by atoms with Gasteiger partial charge in [-0.3, -0.25) is 152 Å². The lowest BCUT2D eigenvalue weighted by Crippen LogP contribution is -2.51. The summed E-state index contributed by atoms with van der Waals surface area (Å²) in [5.41, 5.74) is 82.5. The maximum absolute atomic E-state index is 4.58. The van der Waals surface area contributed by atoms with Crippen LogP contribution in [0.25, 0.3) is 0 Å². The van der Waals surface area contributed by atoms with E-state index in [1.54, 1.807) is 0 Å². The van der Waals surface area contributed by atoms with Crippen LogP contribution in [0.4, 0.5) is 0 Å². The van der Waals surface area contributed by atoms with Gasteiger partial charge in [0.25, 0.3) is 0 Å². The monoisotopic (exact) mass is 576 g/mol.